The van der Waals surface area contributed by atoms with Crippen LogP contribution in [0.5, 0.6) is 0 Å². The molecule has 2 nitrogen and oxygen atoms in total. The van der Waals surface area contributed by atoms with Crippen molar-refractivity contribution in [2.45, 2.75) is 51.9 Å². The van der Waals surface area contributed by atoms with E-state index in [2.05, 4.69) is 23.8 Å². The van der Waals surface area contributed by atoms with Crippen LogP contribution in [-0.2, 0) is 6.42 Å². The third-order valence-electron chi connectivity index (χ3n) is 4.69. The number of nitrogens with zero attached hydrogens (tertiary/aromatic N) is 1. The summed E-state index contributed by atoms with van der Waals surface area (Å²) in [5.41, 5.74) is 2.44. The lowest BCUT2D eigenvalue weighted by molar-refractivity contribution is 0.404. The van der Waals surface area contributed by atoms with Crippen LogP contribution in [0.25, 0.3) is 0 Å². The maximum atomic E-state index is 5.42. The van der Waals surface area contributed by atoms with Gasteiger partial charge in [0.1, 0.15) is 10.5 Å². The number of aromatic nitrogens is 2. The topological polar surface area (TPSA) is 28.7 Å². The first-order valence-corrected chi connectivity index (χ1v) is 7.19. The SMILES string of the molecule is CCc1c(C)[nH]c(C2CC3CCC2C3)nc1=S. The molecule has 2 saturated carbocycles. The van der Waals surface area contributed by atoms with Gasteiger partial charge in [-0.3, -0.25) is 0 Å². The van der Waals surface area contributed by atoms with E-state index in [4.69, 9.17) is 12.2 Å². The van der Waals surface area contributed by atoms with Crippen molar-refractivity contribution in [2.24, 2.45) is 11.8 Å². The summed E-state index contributed by atoms with van der Waals surface area (Å²) in [5.74, 6) is 3.64. The number of rotatable bonds is 2. The van der Waals surface area contributed by atoms with E-state index in [9.17, 15) is 0 Å². The first-order chi connectivity index (χ1) is 8.19. The summed E-state index contributed by atoms with van der Waals surface area (Å²) in [6.07, 6.45) is 6.56. The molecule has 0 amide bonds. The number of hydrogen-bond acceptors (Lipinski definition) is 2. The van der Waals surface area contributed by atoms with Crippen molar-refractivity contribution in [1.29, 1.82) is 0 Å². The van der Waals surface area contributed by atoms with Crippen molar-refractivity contribution in [3.8, 4) is 0 Å². The van der Waals surface area contributed by atoms with Gasteiger partial charge in [-0.25, -0.2) is 4.98 Å². The Morgan fingerprint density at radius 2 is 2.18 bits per heavy atom. The number of hydrogen-bond donors (Lipinski definition) is 1. The molecule has 0 radical (unpaired) electrons. The Balaban J connectivity index is 1.97. The van der Waals surface area contributed by atoms with Crippen molar-refractivity contribution in [1.82, 2.24) is 9.97 Å². The molecule has 17 heavy (non-hydrogen) atoms. The van der Waals surface area contributed by atoms with Gasteiger partial charge in [-0.1, -0.05) is 25.6 Å². The Morgan fingerprint density at radius 1 is 1.35 bits per heavy atom. The summed E-state index contributed by atoms with van der Waals surface area (Å²) in [6.45, 7) is 4.28. The number of aromatic amines is 1. The second-order valence-corrected chi connectivity index (χ2v) is 6.05. The summed E-state index contributed by atoms with van der Waals surface area (Å²) >= 11 is 5.42. The van der Waals surface area contributed by atoms with Gasteiger partial charge in [-0.15, -0.1) is 0 Å². The summed E-state index contributed by atoms with van der Waals surface area (Å²) in [5, 5.41) is 0. The Hall–Kier alpha value is -0.700. The number of nitrogens with one attached hydrogen (secondary N) is 1. The van der Waals surface area contributed by atoms with Gasteiger partial charge in [0.2, 0.25) is 0 Å². The average Bonchev–Trinajstić information content (AvgIpc) is 2.90. The molecule has 3 heteroatoms. The first kappa shape index (κ1) is 11.4. The van der Waals surface area contributed by atoms with Crippen molar-refractivity contribution in [3.63, 3.8) is 0 Å². The quantitative estimate of drug-likeness (QED) is 0.804. The molecule has 0 aliphatic heterocycles. The number of aryl methyl sites for hydroxylation is 1. The molecule has 1 aromatic heterocycles. The van der Waals surface area contributed by atoms with Gasteiger partial charge in [0, 0.05) is 17.2 Å². The molecule has 2 fully saturated rings. The van der Waals surface area contributed by atoms with Gasteiger partial charge >= 0.3 is 0 Å². The monoisotopic (exact) mass is 248 g/mol. The Bertz CT molecular complexity index is 491. The van der Waals surface area contributed by atoms with Crippen LogP contribution in [0.15, 0.2) is 0 Å². The second kappa shape index (κ2) is 4.20. The molecule has 1 N–H and O–H groups in total. The van der Waals surface area contributed by atoms with Crippen LogP contribution in [0.4, 0.5) is 0 Å². The fourth-order valence-corrected chi connectivity index (χ4v) is 4.20. The van der Waals surface area contributed by atoms with E-state index < -0.39 is 0 Å². The van der Waals surface area contributed by atoms with Crippen LogP contribution in [0.2, 0.25) is 0 Å². The highest BCUT2D eigenvalue weighted by atomic mass is 32.1. The van der Waals surface area contributed by atoms with Crippen LogP contribution in [0.1, 0.15) is 55.6 Å². The highest BCUT2D eigenvalue weighted by molar-refractivity contribution is 7.71. The Kier molecular flexibility index (Phi) is 2.81. The minimum Gasteiger partial charge on any atom is -0.347 e. The lowest BCUT2D eigenvalue weighted by Crippen LogP contribution is -2.14. The molecule has 92 valence electrons. The number of H-pyrrole nitrogens is 1. The summed E-state index contributed by atoms with van der Waals surface area (Å²) in [7, 11) is 0. The maximum absolute atomic E-state index is 5.42. The predicted molar refractivity (Wildman–Crippen MR) is 71.7 cm³/mol. The largest absolute Gasteiger partial charge is 0.347 e. The van der Waals surface area contributed by atoms with Gasteiger partial charge in [0.25, 0.3) is 0 Å². The van der Waals surface area contributed by atoms with Gasteiger partial charge in [-0.2, -0.15) is 0 Å². The standard InChI is InChI=1S/C14H20N2S/c1-3-11-8(2)15-13(16-14(11)17)12-7-9-4-5-10(12)6-9/h9-10,12H,3-7H2,1-2H3,(H,15,16,17). The van der Waals surface area contributed by atoms with Crippen molar-refractivity contribution in [3.05, 3.63) is 21.7 Å². The molecule has 2 bridgehead atoms. The fourth-order valence-electron chi connectivity index (χ4n) is 3.80. The van der Waals surface area contributed by atoms with E-state index in [1.165, 1.54) is 36.9 Å². The molecule has 1 aromatic rings. The normalized spacial score (nSPS) is 31.1. The molecular formula is C14H20N2S. The predicted octanol–water partition coefficient (Wildman–Crippen LogP) is 3.91. The van der Waals surface area contributed by atoms with Crippen molar-refractivity contribution >= 4 is 12.2 Å². The zero-order valence-electron chi connectivity index (χ0n) is 10.6. The van der Waals surface area contributed by atoms with Gasteiger partial charge < -0.3 is 4.98 Å². The van der Waals surface area contributed by atoms with E-state index in [1.54, 1.807) is 0 Å². The van der Waals surface area contributed by atoms with E-state index in [-0.39, 0.29) is 0 Å². The Labute approximate surface area is 108 Å². The lowest BCUT2D eigenvalue weighted by Gasteiger charge is -2.21. The minimum absolute atomic E-state index is 0.653. The first-order valence-electron chi connectivity index (χ1n) is 6.78. The zero-order chi connectivity index (χ0) is 12.0. The average molecular weight is 248 g/mol. The molecule has 2 aliphatic carbocycles. The molecule has 0 saturated heterocycles. The van der Waals surface area contributed by atoms with Crippen LogP contribution in [-0.4, -0.2) is 9.97 Å². The van der Waals surface area contributed by atoms with Crippen LogP contribution >= 0.6 is 12.2 Å². The van der Waals surface area contributed by atoms with E-state index in [0.717, 1.165) is 28.7 Å². The smallest absolute Gasteiger partial charge is 0.133 e. The summed E-state index contributed by atoms with van der Waals surface area (Å²) < 4.78 is 0.821. The second-order valence-electron chi connectivity index (χ2n) is 5.67. The third-order valence-corrected chi connectivity index (χ3v) is 5.03. The molecule has 0 aromatic carbocycles. The summed E-state index contributed by atoms with van der Waals surface area (Å²) in [4.78, 5) is 8.18. The summed E-state index contributed by atoms with van der Waals surface area (Å²) in [6, 6.07) is 0. The van der Waals surface area contributed by atoms with E-state index >= 15 is 0 Å². The fraction of sp³-hybridized carbons (Fsp3) is 0.714. The van der Waals surface area contributed by atoms with Gasteiger partial charge in [0.15, 0.2) is 0 Å². The molecule has 3 unspecified atom stereocenters. The lowest BCUT2D eigenvalue weighted by atomic mass is 9.88. The number of fused-ring (bicyclic) bond motifs is 2. The molecule has 2 aliphatic rings. The minimum atomic E-state index is 0.653. The maximum Gasteiger partial charge on any atom is 0.133 e. The molecular weight excluding hydrogens is 228 g/mol. The molecule has 0 spiro atoms. The molecule has 3 rings (SSSR count). The van der Waals surface area contributed by atoms with Gasteiger partial charge in [0.05, 0.1) is 0 Å². The Morgan fingerprint density at radius 3 is 2.71 bits per heavy atom. The van der Waals surface area contributed by atoms with Gasteiger partial charge in [-0.05, 0) is 44.4 Å². The highest BCUT2D eigenvalue weighted by Crippen LogP contribution is 2.52. The van der Waals surface area contributed by atoms with Crippen molar-refractivity contribution < 1.29 is 0 Å². The van der Waals surface area contributed by atoms with E-state index in [0.29, 0.717) is 5.92 Å². The highest BCUT2D eigenvalue weighted by Gasteiger charge is 2.41. The van der Waals surface area contributed by atoms with Crippen LogP contribution in [0, 0.1) is 23.4 Å². The van der Waals surface area contributed by atoms with E-state index in [1.807, 2.05) is 0 Å². The zero-order valence-corrected chi connectivity index (χ0v) is 11.4. The molecule has 3 atom stereocenters. The molecule has 1 heterocycles. The van der Waals surface area contributed by atoms with Crippen molar-refractivity contribution in [2.75, 3.05) is 0 Å². The van der Waals surface area contributed by atoms with Crippen LogP contribution < -0.4 is 0 Å². The van der Waals surface area contributed by atoms with Crippen LogP contribution in [0.3, 0.4) is 0 Å². The third kappa shape index (κ3) is 1.85.